The third-order valence-corrected chi connectivity index (χ3v) is 7.24. The molecule has 8 heteroatoms. The summed E-state index contributed by atoms with van der Waals surface area (Å²) >= 11 is 4.62. The highest BCUT2D eigenvalue weighted by molar-refractivity contribution is 8.00. The van der Waals surface area contributed by atoms with Gasteiger partial charge in [-0.1, -0.05) is 35.5 Å². The van der Waals surface area contributed by atoms with Crippen LogP contribution in [0.1, 0.15) is 21.7 Å². The van der Waals surface area contributed by atoms with E-state index in [1.54, 1.807) is 22.7 Å². The zero-order valence-corrected chi connectivity index (χ0v) is 19.0. The van der Waals surface area contributed by atoms with Crippen LogP contribution in [0.15, 0.2) is 34.7 Å². The number of thioether (sulfide) groups is 1. The van der Waals surface area contributed by atoms with E-state index in [-0.39, 0.29) is 11.7 Å². The molecular formula is C21H20N4OS3. The monoisotopic (exact) mass is 440 g/mol. The number of thiophene rings is 1. The predicted octanol–water partition coefficient (Wildman–Crippen LogP) is 5.78. The molecule has 3 heterocycles. The molecule has 0 saturated heterocycles. The van der Waals surface area contributed by atoms with Crippen molar-refractivity contribution >= 4 is 56.2 Å². The number of carbonyl (C=O) groups is 1. The van der Waals surface area contributed by atoms with Crippen molar-refractivity contribution in [3.63, 3.8) is 0 Å². The molecule has 3 aromatic heterocycles. The summed E-state index contributed by atoms with van der Waals surface area (Å²) in [6, 6.07) is 8.19. The Hall–Kier alpha value is -2.29. The van der Waals surface area contributed by atoms with Gasteiger partial charge >= 0.3 is 0 Å². The third-order valence-electron chi connectivity index (χ3n) is 4.43. The molecule has 5 nitrogen and oxygen atoms in total. The van der Waals surface area contributed by atoms with Crippen LogP contribution in [0.2, 0.25) is 0 Å². The summed E-state index contributed by atoms with van der Waals surface area (Å²) in [5.41, 5.74) is 5.90. The van der Waals surface area contributed by atoms with Crippen LogP contribution in [0.4, 0.5) is 5.69 Å². The molecule has 1 aromatic carbocycles. The number of nitrogens with one attached hydrogen (secondary N) is 1. The zero-order chi connectivity index (χ0) is 20.5. The van der Waals surface area contributed by atoms with Gasteiger partial charge in [0.1, 0.15) is 16.2 Å². The Morgan fingerprint density at radius 3 is 2.59 bits per heavy atom. The lowest BCUT2D eigenvalue weighted by atomic mass is 10.1. The minimum atomic E-state index is -0.0608. The normalized spacial score (nSPS) is 11.2. The molecule has 1 amide bonds. The van der Waals surface area contributed by atoms with Gasteiger partial charge < -0.3 is 5.32 Å². The number of benzene rings is 1. The van der Waals surface area contributed by atoms with E-state index in [2.05, 4.69) is 39.6 Å². The number of thiazole rings is 1. The van der Waals surface area contributed by atoms with Gasteiger partial charge in [-0.05, 0) is 50.3 Å². The van der Waals surface area contributed by atoms with E-state index >= 15 is 0 Å². The van der Waals surface area contributed by atoms with Gasteiger partial charge in [0, 0.05) is 5.69 Å². The van der Waals surface area contributed by atoms with E-state index in [4.69, 9.17) is 0 Å². The Balaban J connectivity index is 1.55. The molecule has 0 spiro atoms. The maximum atomic E-state index is 12.6. The highest BCUT2D eigenvalue weighted by Crippen LogP contribution is 2.36. The van der Waals surface area contributed by atoms with Crippen molar-refractivity contribution in [3.05, 3.63) is 51.3 Å². The van der Waals surface area contributed by atoms with Gasteiger partial charge in [0.25, 0.3) is 0 Å². The number of aromatic nitrogens is 3. The van der Waals surface area contributed by atoms with Gasteiger partial charge in [0.2, 0.25) is 5.91 Å². The number of aryl methyl sites for hydroxylation is 4. The Labute approximate surface area is 181 Å². The molecular weight excluding hydrogens is 420 g/mol. The van der Waals surface area contributed by atoms with Crippen LogP contribution in [-0.2, 0) is 4.79 Å². The average Bonchev–Trinajstić information content (AvgIpc) is 3.32. The number of nitrogens with zero attached hydrogens (tertiary/aromatic N) is 3. The number of anilines is 1. The quantitative estimate of drug-likeness (QED) is 0.399. The SMILES string of the molecule is Cc1cc(C)c(NC(=O)CSc2nnc(-c3cccs3)c3sc(C)nc23)c(C)c1. The van der Waals surface area contributed by atoms with Crippen molar-refractivity contribution in [1.82, 2.24) is 15.2 Å². The fourth-order valence-corrected chi connectivity index (χ4v) is 5.77. The molecule has 29 heavy (non-hydrogen) atoms. The number of hydrogen-bond acceptors (Lipinski definition) is 7. The molecule has 0 unspecified atom stereocenters. The fraction of sp³-hybridized carbons (Fsp3) is 0.238. The van der Waals surface area contributed by atoms with Gasteiger partial charge in [0.05, 0.1) is 20.3 Å². The molecule has 0 aliphatic carbocycles. The number of rotatable bonds is 5. The van der Waals surface area contributed by atoms with Gasteiger partial charge in [-0.2, -0.15) is 0 Å². The predicted molar refractivity (Wildman–Crippen MR) is 123 cm³/mol. The van der Waals surface area contributed by atoms with Crippen molar-refractivity contribution in [2.45, 2.75) is 32.7 Å². The van der Waals surface area contributed by atoms with E-state index in [1.807, 2.05) is 38.3 Å². The minimum Gasteiger partial charge on any atom is -0.325 e. The highest BCUT2D eigenvalue weighted by Gasteiger charge is 2.17. The summed E-state index contributed by atoms with van der Waals surface area (Å²) in [5, 5.41) is 15.5. The number of carbonyl (C=O) groups excluding carboxylic acids is 1. The Morgan fingerprint density at radius 2 is 1.90 bits per heavy atom. The van der Waals surface area contributed by atoms with Crippen LogP contribution in [0.3, 0.4) is 0 Å². The first-order valence-electron chi connectivity index (χ1n) is 9.10. The molecule has 0 aliphatic rings. The lowest BCUT2D eigenvalue weighted by Gasteiger charge is -2.12. The van der Waals surface area contributed by atoms with E-state index < -0.39 is 0 Å². The van der Waals surface area contributed by atoms with Gasteiger partial charge in [-0.25, -0.2) is 4.98 Å². The van der Waals surface area contributed by atoms with E-state index in [9.17, 15) is 4.79 Å². The van der Waals surface area contributed by atoms with Crippen molar-refractivity contribution in [2.75, 3.05) is 11.1 Å². The van der Waals surface area contributed by atoms with Crippen molar-refractivity contribution in [3.8, 4) is 10.6 Å². The zero-order valence-electron chi connectivity index (χ0n) is 16.6. The van der Waals surface area contributed by atoms with Crippen LogP contribution in [0, 0.1) is 27.7 Å². The summed E-state index contributed by atoms with van der Waals surface area (Å²) in [7, 11) is 0. The maximum absolute atomic E-state index is 12.6. The molecule has 4 aromatic rings. The van der Waals surface area contributed by atoms with Crippen LogP contribution in [0.5, 0.6) is 0 Å². The van der Waals surface area contributed by atoms with Crippen LogP contribution < -0.4 is 5.32 Å². The van der Waals surface area contributed by atoms with Gasteiger partial charge in [-0.3, -0.25) is 4.79 Å². The third kappa shape index (κ3) is 4.19. The second kappa shape index (κ2) is 8.22. The van der Waals surface area contributed by atoms with E-state index in [0.29, 0.717) is 5.03 Å². The van der Waals surface area contributed by atoms with Crippen molar-refractivity contribution < 1.29 is 4.79 Å². The van der Waals surface area contributed by atoms with Gasteiger partial charge in [0.15, 0.2) is 0 Å². The molecule has 0 bridgehead atoms. The second-order valence-corrected chi connectivity index (χ2v) is 9.97. The summed E-state index contributed by atoms with van der Waals surface area (Å²) in [4.78, 5) is 18.3. The van der Waals surface area contributed by atoms with Crippen molar-refractivity contribution in [2.24, 2.45) is 0 Å². The smallest absolute Gasteiger partial charge is 0.234 e. The van der Waals surface area contributed by atoms with E-state index in [0.717, 1.165) is 42.6 Å². The highest BCUT2D eigenvalue weighted by atomic mass is 32.2. The molecule has 0 fully saturated rings. The topological polar surface area (TPSA) is 67.8 Å². The largest absolute Gasteiger partial charge is 0.325 e. The van der Waals surface area contributed by atoms with Gasteiger partial charge in [-0.15, -0.1) is 32.9 Å². The lowest BCUT2D eigenvalue weighted by Crippen LogP contribution is -2.16. The summed E-state index contributed by atoms with van der Waals surface area (Å²) in [6.07, 6.45) is 0. The Bertz CT molecular complexity index is 1180. The van der Waals surface area contributed by atoms with Crippen LogP contribution in [0.25, 0.3) is 20.8 Å². The molecule has 0 radical (unpaired) electrons. The maximum Gasteiger partial charge on any atom is 0.234 e. The Morgan fingerprint density at radius 1 is 1.14 bits per heavy atom. The molecule has 0 aliphatic heterocycles. The first-order valence-corrected chi connectivity index (χ1v) is 11.8. The molecule has 148 valence electrons. The Kier molecular flexibility index (Phi) is 5.67. The molecule has 0 saturated carbocycles. The van der Waals surface area contributed by atoms with E-state index in [1.165, 1.54) is 17.3 Å². The minimum absolute atomic E-state index is 0.0608. The molecule has 1 N–H and O–H groups in total. The van der Waals surface area contributed by atoms with Crippen molar-refractivity contribution in [1.29, 1.82) is 0 Å². The lowest BCUT2D eigenvalue weighted by molar-refractivity contribution is -0.113. The number of fused-ring (bicyclic) bond motifs is 1. The molecule has 0 atom stereocenters. The first-order chi connectivity index (χ1) is 13.9. The standard InChI is InChI=1S/C21H20N4OS3/c1-11-8-12(2)17(13(3)9-11)23-16(26)10-28-21-19-20(29-14(4)22-19)18(24-25-21)15-6-5-7-27-15/h5-9H,10H2,1-4H3,(H,23,26). The average molecular weight is 441 g/mol. The molecule has 4 rings (SSSR count). The first kappa shape index (κ1) is 20.0. The van der Waals surface area contributed by atoms with Crippen LogP contribution >= 0.6 is 34.4 Å². The summed E-state index contributed by atoms with van der Waals surface area (Å²) in [5.74, 6) is 0.195. The second-order valence-electron chi connectivity index (χ2n) is 6.85. The number of amides is 1. The fourth-order valence-electron chi connectivity index (χ4n) is 3.28. The summed E-state index contributed by atoms with van der Waals surface area (Å²) < 4.78 is 1.02. The van der Waals surface area contributed by atoms with Crippen LogP contribution in [-0.4, -0.2) is 26.8 Å². The summed E-state index contributed by atoms with van der Waals surface area (Å²) in [6.45, 7) is 8.06. The number of hydrogen-bond donors (Lipinski definition) is 1.